The Balaban J connectivity index is 2.62. The van der Waals surface area contributed by atoms with Crippen LogP contribution in [0.1, 0.15) is 26.2 Å². The standard InChI is InChI=1S/C6H11OS/c1-2-3-4-5-7-6-8/h2-5H2,1H3. The maximum Gasteiger partial charge on any atom is 0.239 e. The summed E-state index contributed by atoms with van der Waals surface area (Å²) >= 11 is 4.33. The molecule has 0 amide bonds. The van der Waals surface area contributed by atoms with Crippen LogP contribution in [-0.4, -0.2) is 12.2 Å². The third kappa shape index (κ3) is 5.89. The van der Waals surface area contributed by atoms with Crippen LogP contribution in [0.5, 0.6) is 0 Å². The highest BCUT2D eigenvalue weighted by Crippen LogP contribution is 1.92. The number of unbranched alkanes of at least 4 members (excludes halogenated alkanes) is 2. The van der Waals surface area contributed by atoms with Gasteiger partial charge in [-0.2, -0.15) is 0 Å². The Bertz CT molecular complexity index is 54.5. The molecule has 0 aliphatic rings. The molecule has 0 aromatic carbocycles. The molecule has 0 saturated carbocycles. The quantitative estimate of drug-likeness (QED) is 0.417. The molecule has 2 heteroatoms. The van der Waals surface area contributed by atoms with Crippen LogP contribution >= 0.6 is 12.2 Å². The van der Waals surface area contributed by atoms with Gasteiger partial charge in [0.1, 0.15) is 0 Å². The molecule has 0 saturated heterocycles. The van der Waals surface area contributed by atoms with Gasteiger partial charge in [-0.3, -0.25) is 0 Å². The van der Waals surface area contributed by atoms with Crippen molar-refractivity contribution in [2.75, 3.05) is 6.61 Å². The monoisotopic (exact) mass is 131 g/mol. The fourth-order valence-electron chi connectivity index (χ4n) is 0.466. The van der Waals surface area contributed by atoms with Gasteiger partial charge in [0, 0.05) is 0 Å². The zero-order chi connectivity index (χ0) is 6.24. The highest BCUT2D eigenvalue weighted by atomic mass is 32.1. The molecule has 1 nitrogen and oxygen atoms in total. The Morgan fingerprint density at radius 3 is 2.75 bits per heavy atom. The molecule has 0 aromatic rings. The lowest BCUT2D eigenvalue weighted by Crippen LogP contribution is -1.88. The molecule has 0 rings (SSSR count). The van der Waals surface area contributed by atoms with Crippen LogP contribution in [0, 0.1) is 0 Å². The van der Waals surface area contributed by atoms with Crippen LogP contribution in [-0.2, 0) is 4.74 Å². The minimum Gasteiger partial charge on any atom is -0.480 e. The average Bonchev–Trinajstić information content (AvgIpc) is 1.81. The molecule has 47 valence electrons. The van der Waals surface area contributed by atoms with Crippen molar-refractivity contribution in [2.24, 2.45) is 0 Å². The summed E-state index contributed by atoms with van der Waals surface area (Å²) in [6, 6.07) is 0. The highest BCUT2D eigenvalue weighted by molar-refractivity contribution is 7.78. The van der Waals surface area contributed by atoms with Crippen LogP contribution in [0.3, 0.4) is 0 Å². The van der Waals surface area contributed by atoms with Gasteiger partial charge in [-0.15, -0.1) is 0 Å². The lowest BCUT2D eigenvalue weighted by Gasteiger charge is -1.94. The van der Waals surface area contributed by atoms with E-state index in [0.717, 1.165) is 13.0 Å². The van der Waals surface area contributed by atoms with E-state index in [0.29, 0.717) is 0 Å². The van der Waals surface area contributed by atoms with Gasteiger partial charge in [0.25, 0.3) is 0 Å². The van der Waals surface area contributed by atoms with Crippen molar-refractivity contribution in [2.45, 2.75) is 26.2 Å². The van der Waals surface area contributed by atoms with Crippen LogP contribution in [0.2, 0.25) is 0 Å². The second-order valence-electron chi connectivity index (χ2n) is 1.64. The molecule has 0 aromatic heterocycles. The number of hydrogen-bond donors (Lipinski definition) is 0. The maximum absolute atomic E-state index is 4.70. The lowest BCUT2D eigenvalue weighted by molar-refractivity contribution is 0.314. The molecule has 0 bridgehead atoms. The van der Waals surface area contributed by atoms with E-state index in [2.05, 4.69) is 24.7 Å². The van der Waals surface area contributed by atoms with E-state index in [1.807, 2.05) is 0 Å². The summed E-state index contributed by atoms with van der Waals surface area (Å²) in [5.74, 6) is 0. The smallest absolute Gasteiger partial charge is 0.239 e. The summed E-state index contributed by atoms with van der Waals surface area (Å²) in [5, 5.41) is 0. The summed E-state index contributed by atoms with van der Waals surface area (Å²) in [6.45, 7) is 2.89. The van der Waals surface area contributed by atoms with E-state index >= 15 is 0 Å². The molecule has 0 fully saturated rings. The van der Waals surface area contributed by atoms with E-state index in [4.69, 9.17) is 4.74 Å². The van der Waals surface area contributed by atoms with E-state index in [9.17, 15) is 0 Å². The maximum atomic E-state index is 4.70. The van der Waals surface area contributed by atoms with Crippen LogP contribution in [0.25, 0.3) is 0 Å². The molecule has 0 aliphatic carbocycles. The van der Waals surface area contributed by atoms with Gasteiger partial charge < -0.3 is 4.74 Å². The van der Waals surface area contributed by atoms with Crippen LogP contribution in [0.4, 0.5) is 0 Å². The second-order valence-corrected chi connectivity index (χ2v) is 1.81. The SMILES string of the molecule is CCCCCO[C]=S. The van der Waals surface area contributed by atoms with Crippen molar-refractivity contribution in [1.82, 2.24) is 0 Å². The van der Waals surface area contributed by atoms with Crippen molar-refractivity contribution in [3.63, 3.8) is 0 Å². The summed E-state index contributed by atoms with van der Waals surface area (Å²) in [5.41, 5.74) is 2.21. The molecule has 0 N–H and O–H groups in total. The van der Waals surface area contributed by atoms with E-state index in [1.165, 1.54) is 12.8 Å². The fraction of sp³-hybridized carbons (Fsp3) is 0.833. The zero-order valence-electron chi connectivity index (χ0n) is 5.14. The minimum atomic E-state index is 0.733. The summed E-state index contributed by atoms with van der Waals surface area (Å²) in [4.78, 5) is 0. The van der Waals surface area contributed by atoms with Gasteiger partial charge in [-0.1, -0.05) is 19.8 Å². The summed E-state index contributed by atoms with van der Waals surface area (Å²) in [7, 11) is 0. The van der Waals surface area contributed by atoms with Crippen molar-refractivity contribution in [3.05, 3.63) is 0 Å². The Morgan fingerprint density at radius 2 is 2.25 bits per heavy atom. The Kier molecular flexibility index (Phi) is 6.80. The predicted molar refractivity (Wildman–Crippen MR) is 38.1 cm³/mol. The van der Waals surface area contributed by atoms with Gasteiger partial charge in [-0.05, 0) is 18.6 Å². The zero-order valence-corrected chi connectivity index (χ0v) is 5.96. The average molecular weight is 131 g/mol. The topological polar surface area (TPSA) is 9.23 Å². The van der Waals surface area contributed by atoms with E-state index in [-0.39, 0.29) is 0 Å². The summed E-state index contributed by atoms with van der Waals surface area (Å²) in [6.07, 6.45) is 3.54. The molecule has 0 heterocycles. The van der Waals surface area contributed by atoms with Crippen molar-refractivity contribution in [3.8, 4) is 0 Å². The van der Waals surface area contributed by atoms with Crippen molar-refractivity contribution < 1.29 is 4.74 Å². The van der Waals surface area contributed by atoms with Gasteiger partial charge in [0.05, 0.1) is 6.61 Å². The van der Waals surface area contributed by atoms with Gasteiger partial charge in [-0.25, -0.2) is 0 Å². The Morgan fingerprint density at radius 1 is 1.50 bits per heavy atom. The Labute approximate surface area is 56.0 Å². The molecular weight excluding hydrogens is 120 g/mol. The lowest BCUT2D eigenvalue weighted by atomic mass is 10.3. The molecule has 0 aliphatic heterocycles. The first-order valence-corrected chi connectivity index (χ1v) is 3.31. The number of hydrogen-bond acceptors (Lipinski definition) is 2. The van der Waals surface area contributed by atoms with E-state index in [1.54, 1.807) is 0 Å². The van der Waals surface area contributed by atoms with Crippen LogP contribution in [0.15, 0.2) is 0 Å². The predicted octanol–water partition coefficient (Wildman–Crippen LogP) is 2.03. The van der Waals surface area contributed by atoms with Crippen molar-refractivity contribution in [1.29, 1.82) is 0 Å². The van der Waals surface area contributed by atoms with Crippen molar-refractivity contribution >= 4 is 17.8 Å². The first-order valence-electron chi connectivity index (χ1n) is 2.90. The highest BCUT2D eigenvalue weighted by Gasteiger charge is 1.82. The fourth-order valence-corrected chi connectivity index (χ4v) is 0.549. The number of thiocarbonyl (C=S) groups is 1. The largest absolute Gasteiger partial charge is 0.480 e. The second kappa shape index (κ2) is 6.89. The van der Waals surface area contributed by atoms with Gasteiger partial charge >= 0.3 is 0 Å². The number of rotatable bonds is 5. The first kappa shape index (κ1) is 7.89. The van der Waals surface area contributed by atoms with E-state index < -0.39 is 0 Å². The summed E-state index contributed by atoms with van der Waals surface area (Å²) < 4.78 is 4.70. The molecule has 0 spiro atoms. The van der Waals surface area contributed by atoms with Gasteiger partial charge in [0.15, 0.2) is 0 Å². The third-order valence-electron chi connectivity index (χ3n) is 0.909. The molecule has 0 atom stereocenters. The van der Waals surface area contributed by atoms with Gasteiger partial charge in [0.2, 0.25) is 5.55 Å². The van der Waals surface area contributed by atoms with Crippen LogP contribution < -0.4 is 0 Å². The normalized spacial score (nSPS) is 8.62. The number of ether oxygens (including phenoxy) is 1. The molecule has 8 heavy (non-hydrogen) atoms. The first-order chi connectivity index (χ1) is 3.91. The molecular formula is C6H11OS. The Hall–Kier alpha value is -0.110. The third-order valence-corrected chi connectivity index (χ3v) is 1.03. The molecule has 1 radical (unpaired) electrons. The minimum absolute atomic E-state index is 0.733. The molecule has 0 unspecified atom stereocenters.